The van der Waals surface area contributed by atoms with Crippen molar-refractivity contribution in [2.24, 2.45) is 5.92 Å². The number of nitrogens with zero attached hydrogens (tertiary/aromatic N) is 1. The van der Waals surface area contributed by atoms with Gasteiger partial charge in [0.25, 0.3) is 0 Å². The van der Waals surface area contributed by atoms with Crippen molar-refractivity contribution in [2.45, 2.75) is 13.8 Å². The molecule has 1 aliphatic heterocycles. The van der Waals surface area contributed by atoms with Gasteiger partial charge in [-0.15, -0.1) is 0 Å². The Morgan fingerprint density at radius 2 is 2.00 bits per heavy atom. The Labute approximate surface area is 173 Å². The highest BCUT2D eigenvalue weighted by molar-refractivity contribution is 6.07. The molecule has 1 aliphatic rings. The van der Waals surface area contributed by atoms with Crippen molar-refractivity contribution >= 4 is 27.8 Å². The number of furan rings is 1. The van der Waals surface area contributed by atoms with Crippen LogP contribution in [0.25, 0.3) is 33.3 Å². The standard InChI is InChI=1S/C24H21NO5/c1-13-7-8-20(29-12-15-10-28-11-15)21-17(24(26)27)9-18(25-22(13)21)23-14(2)16-5-3-4-6-19(16)30-23/h3-9,15H,10-12H2,1-2H3,(H,26,27). The van der Waals surface area contributed by atoms with Crippen LogP contribution in [-0.2, 0) is 4.74 Å². The first-order chi connectivity index (χ1) is 14.5. The number of aromatic nitrogens is 1. The number of ether oxygens (including phenoxy) is 2. The molecular formula is C24H21NO5. The van der Waals surface area contributed by atoms with E-state index in [1.165, 1.54) is 0 Å². The maximum Gasteiger partial charge on any atom is 0.336 e. The fraction of sp³-hybridized carbons (Fsp3) is 0.250. The smallest absolute Gasteiger partial charge is 0.336 e. The Kier molecular flexibility index (Phi) is 4.44. The third-order valence-corrected chi connectivity index (χ3v) is 5.61. The third kappa shape index (κ3) is 3.00. The third-order valence-electron chi connectivity index (χ3n) is 5.61. The minimum absolute atomic E-state index is 0.151. The molecule has 0 amide bonds. The Hall–Kier alpha value is -3.38. The van der Waals surface area contributed by atoms with E-state index >= 15 is 0 Å². The van der Waals surface area contributed by atoms with Crippen LogP contribution in [0.1, 0.15) is 21.5 Å². The number of carboxylic acids is 1. The second kappa shape index (κ2) is 7.15. The summed E-state index contributed by atoms with van der Waals surface area (Å²) in [6.45, 7) is 5.70. The number of pyridine rings is 1. The van der Waals surface area contributed by atoms with Gasteiger partial charge in [0.1, 0.15) is 17.0 Å². The average Bonchev–Trinajstić information content (AvgIpc) is 3.04. The molecule has 0 aliphatic carbocycles. The van der Waals surface area contributed by atoms with Gasteiger partial charge in [0, 0.05) is 16.9 Å². The van der Waals surface area contributed by atoms with Crippen molar-refractivity contribution in [3.05, 3.63) is 59.2 Å². The van der Waals surface area contributed by atoms with E-state index in [9.17, 15) is 9.90 Å². The van der Waals surface area contributed by atoms with E-state index in [4.69, 9.17) is 18.9 Å². The Morgan fingerprint density at radius 3 is 2.70 bits per heavy atom. The van der Waals surface area contributed by atoms with Crippen LogP contribution in [0.3, 0.4) is 0 Å². The fourth-order valence-corrected chi connectivity index (χ4v) is 3.86. The summed E-state index contributed by atoms with van der Waals surface area (Å²) >= 11 is 0. The molecule has 4 aromatic rings. The highest BCUT2D eigenvalue weighted by Gasteiger charge is 2.23. The molecule has 2 aromatic carbocycles. The summed E-state index contributed by atoms with van der Waals surface area (Å²) < 4.78 is 17.2. The predicted octanol–water partition coefficient (Wildman–Crippen LogP) is 4.99. The number of rotatable bonds is 5. The maximum atomic E-state index is 12.2. The van der Waals surface area contributed by atoms with Crippen molar-refractivity contribution in [2.75, 3.05) is 19.8 Å². The van der Waals surface area contributed by atoms with Crippen LogP contribution in [0.15, 0.2) is 46.9 Å². The zero-order valence-corrected chi connectivity index (χ0v) is 16.8. The van der Waals surface area contributed by atoms with Crippen LogP contribution in [0.4, 0.5) is 0 Å². The van der Waals surface area contributed by atoms with Gasteiger partial charge in [-0.3, -0.25) is 0 Å². The maximum absolute atomic E-state index is 12.2. The molecule has 0 unspecified atom stereocenters. The molecule has 0 bridgehead atoms. The number of benzene rings is 2. The first-order valence-corrected chi connectivity index (χ1v) is 9.89. The van der Waals surface area contributed by atoms with Gasteiger partial charge >= 0.3 is 5.97 Å². The highest BCUT2D eigenvalue weighted by atomic mass is 16.5. The van der Waals surface area contributed by atoms with Crippen LogP contribution < -0.4 is 4.74 Å². The van der Waals surface area contributed by atoms with E-state index in [1.54, 1.807) is 6.07 Å². The zero-order chi connectivity index (χ0) is 20.8. The van der Waals surface area contributed by atoms with Gasteiger partial charge in [0.2, 0.25) is 0 Å². The summed E-state index contributed by atoms with van der Waals surface area (Å²) in [6.07, 6.45) is 0. The minimum Gasteiger partial charge on any atom is -0.492 e. The van der Waals surface area contributed by atoms with Gasteiger partial charge in [-0.2, -0.15) is 0 Å². The highest BCUT2D eigenvalue weighted by Crippen LogP contribution is 2.37. The van der Waals surface area contributed by atoms with Crippen LogP contribution in [0, 0.1) is 19.8 Å². The predicted molar refractivity (Wildman–Crippen MR) is 113 cm³/mol. The van der Waals surface area contributed by atoms with E-state index < -0.39 is 5.97 Å². The summed E-state index contributed by atoms with van der Waals surface area (Å²) in [4.78, 5) is 17.0. The molecule has 6 nitrogen and oxygen atoms in total. The lowest BCUT2D eigenvalue weighted by atomic mass is 10.0. The largest absolute Gasteiger partial charge is 0.492 e. The number of carboxylic acid groups (broad SMARTS) is 1. The summed E-state index contributed by atoms with van der Waals surface area (Å²) in [5.41, 5.74) is 3.82. The van der Waals surface area contributed by atoms with E-state index in [1.807, 2.05) is 50.2 Å². The van der Waals surface area contributed by atoms with Crippen molar-refractivity contribution in [1.82, 2.24) is 4.98 Å². The second-order valence-corrected chi connectivity index (χ2v) is 7.73. The van der Waals surface area contributed by atoms with Gasteiger partial charge in [0.15, 0.2) is 5.76 Å². The molecule has 5 rings (SSSR count). The number of fused-ring (bicyclic) bond motifs is 2. The summed E-state index contributed by atoms with van der Waals surface area (Å²) in [7, 11) is 0. The topological polar surface area (TPSA) is 81.8 Å². The molecule has 0 atom stereocenters. The molecule has 152 valence electrons. The molecule has 0 spiro atoms. The minimum atomic E-state index is -1.03. The molecule has 0 saturated carbocycles. The van der Waals surface area contributed by atoms with Gasteiger partial charge in [-0.25, -0.2) is 9.78 Å². The Morgan fingerprint density at radius 1 is 1.20 bits per heavy atom. The molecule has 1 N–H and O–H groups in total. The van der Waals surface area contributed by atoms with E-state index in [2.05, 4.69) is 0 Å². The molecule has 1 saturated heterocycles. The fourth-order valence-electron chi connectivity index (χ4n) is 3.86. The quantitative estimate of drug-likeness (QED) is 0.506. The van der Waals surface area contributed by atoms with Crippen molar-refractivity contribution in [3.8, 4) is 17.2 Å². The van der Waals surface area contributed by atoms with Crippen LogP contribution >= 0.6 is 0 Å². The summed E-state index contributed by atoms with van der Waals surface area (Å²) in [5, 5.41) is 11.5. The normalized spacial score (nSPS) is 14.2. The van der Waals surface area contributed by atoms with Gasteiger partial charge < -0.3 is 19.0 Å². The van der Waals surface area contributed by atoms with Crippen LogP contribution in [0.2, 0.25) is 0 Å². The molecule has 6 heteroatoms. The summed E-state index contributed by atoms with van der Waals surface area (Å²) in [6, 6.07) is 13.0. The lowest BCUT2D eigenvalue weighted by molar-refractivity contribution is -0.0506. The van der Waals surface area contributed by atoms with Gasteiger partial charge in [0.05, 0.1) is 36.3 Å². The number of hydrogen-bond donors (Lipinski definition) is 1. The number of carbonyl (C=O) groups is 1. The number of hydrogen-bond acceptors (Lipinski definition) is 5. The van der Waals surface area contributed by atoms with Crippen LogP contribution in [0.5, 0.6) is 5.75 Å². The Balaban J connectivity index is 1.70. The second-order valence-electron chi connectivity index (χ2n) is 7.73. The van der Waals surface area contributed by atoms with Crippen molar-refractivity contribution in [1.29, 1.82) is 0 Å². The number of para-hydroxylation sites is 1. The molecule has 3 heterocycles. The monoisotopic (exact) mass is 403 g/mol. The average molecular weight is 403 g/mol. The SMILES string of the molecule is Cc1c(-c2cc(C(=O)O)c3c(OCC4COC4)ccc(C)c3n2)oc2ccccc12. The van der Waals surface area contributed by atoms with Gasteiger partial charge in [-0.1, -0.05) is 24.3 Å². The first kappa shape index (κ1) is 18.6. The molecular weight excluding hydrogens is 382 g/mol. The molecule has 0 radical (unpaired) electrons. The van der Waals surface area contributed by atoms with E-state index in [0.29, 0.717) is 53.8 Å². The van der Waals surface area contributed by atoms with Crippen molar-refractivity contribution < 1.29 is 23.8 Å². The molecule has 1 fully saturated rings. The zero-order valence-electron chi connectivity index (χ0n) is 16.8. The van der Waals surface area contributed by atoms with Crippen LogP contribution in [-0.4, -0.2) is 35.9 Å². The Bertz CT molecular complexity index is 1290. The molecule has 2 aromatic heterocycles. The lowest BCUT2D eigenvalue weighted by Crippen LogP contribution is -2.32. The number of aryl methyl sites for hydroxylation is 2. The first-order valence-electron chi connectivity index (χ1n) is 9.89. The lowest BCUT2D eigenvalue weighted by Gasteiger charge is -2.26. The van der Waals surface area contributed by atoms with Gasteiger partial charge in [-0.05, 0) is 37.6 Å². The van der Waals surface area contributed by atoms with Crippen molar-refractivity contribution in [3.63, 3.8) is 0 Å². The number of aromatic carboxylic acids is 1. The van der Waals surface area contributed by atoms with E-state index in [-0.39, 0.29) is 5.56 Å². The molecule has 30 heavy (non-hydrogen) atoms. The van der Waals surface area contributed by atoms with E-state index in [0.717, 1.165) is 22.1 Å². The summed E-state index contributed by atoms with van der Waals surface area (Å²) in [5.74, 6) is 0.415.